The summed E-state index contributed by atoms with van der Waals surface area (Å²) >= 11 is 0. The first-order valence-electron chi connectivity index (χ1n) is 5.38. The largest absolute Gasteiger partial charge is 0.493 e. The number of anilines is 1. The van der Waals surface area contributed by atoms with E-state index in [9.17, 15) is 12.6 Å². The van der Waals surface area contributed by atoms with Gasteiger partial charge in [-0.15, -0.1) is 0 Å². The van der Waals surface area contributed by atoms with Crippen LogP contribution >= 0.6 is 0 Å². The molecule has 0 amide bonds. The summed E-state index contributed by atoms with van der Waals surface area (Å²) in [6.45, 7) is 0.292. The lowest BCUT2D eigenvalue weighted by atomic mass is 10.3. The molecular formula is C11H17NO4S2. The van der Waals surface area contributed by atoms with Crippen molar-refractivity contribution < 1.29 is 17.4 Å². The van der Waals surface area contributed by atoms with Gasteiger partial charge in [-0.25, -0.2) is 8.42 Å². The van der Waals surface area contributed by atoms with Gasteiger partial charge in [-0.05, 0) is 24.3 Å². The zero-order valence-corrected chi connectivity index (χ0v) is 11.8. The number of ether oxygens (including phenoxy) is 1. The van der Waals surface area contributed by atoms with Crippen molar-refractivity contribution in [2.45, 2.75) is 0 Å². The maximum atomic E-state index is 11.5. The van der Waals surface area contributed by atoms with Crippen LogP contribution in [0, 0.1) is 0 Å². The SMILES string of the molecule is CS(=O)(=O)CCS(=O)CCOc1ccc(N)cc1. The normalized spacial score (nSPS) is 13.2. The van der Waals surface area contributed by atoms with Crippen LogP contribution in [0.5, 0.6) is 5.75 Å². The van der Waals surface area contributed by atoms with Crippen LogP contribution in [-0.2, 0) is 20.6 Å². The minimum atomic E-state index is -3.05. The third-order valence-corrected chi connectivity index (χ3v) is 4.63. The van der Waals surface area contributed by atoms with E-state index in [4.69, 9.17) is 10.5 Å². The van der Waals surface area contributed by atoms with Crippen molar-refractivity contribution in [1.29, 1.82) is 0 Å². The number of hydrogen-bond acceptors (Lipinski definition) is 5. The first kappa shape index (κ1) is 15.0. The molecule has 0 spiro atoms. The topological polar surface area (TPSA) is 86.5 Å². The summed E-state index contributed by atoms with van der Waals surface area (Å²) in [5.41, 5.74) is 6.17. The molecule has 0 aromatic heterocycles. The van der Waals surface area contributed by atoms with E-state index in [1.165, 1.54) is 0 Å². The van der Waals surface area contributed by atoms with E-state index in [-0.39, 0.29) is 11.5 Å². The molecule has 0 aliphatic rings. The van der Waals surface area contributed by atoms with Crippen LogP contribution in [0.1, 0.15) is 0 Å². The maximum absolute atomic E-state index is 11.5. The number of nitrogens with two attached hydrogens (primary N) is 1. The molecule has 1 rings (SSSR count). The molecule has 0 radical (unpaired) electrons. The summed E-state index contributed by atoms with van der Waals surface area (Å²) in [5.74, 6) is 1.08. The summed E-state index contributed by atoms with van der Waals surface area (Å²) in [7, 11) is -4.22. The fourth-order valence-electron chi connectivity index (χ4n) is 1.16. The molecule has 102 valence electrons. The Bertz CT molecular complexity index is 496. The molecular weight excluding hydrogens is 274 g/mol. The zero-order chi connectivity index (χ0) is 13.6. The second-order valence-corrected chi connectivity index (χ2v) is 7.85. The lowest BCUT2D eigenvalue weighted by molar-refractivity contribution is 0.342. The Kier molecular flexibility index (Phi) is 5.61. The van der Waals surface area contributed by atoms with Crippen molar-refractivity contribution in [1.82, 2.24) is 0 Å². The molecule has 2 N–H and O–H groups in total. The molecule has 5 nitrogen and oxygen atoms in total. The van der Waals surface area contributed by atoms with Gasteiger partial charge in [-0.1, -0.05) is 0 Å². The number of hydrogen-bond donors (Lipinski definition) is 1. The highest BCUT2D eigenvalue weighted by atomic mass is 32.2. The van der Waals surface area contributed by atoms with E-state index in [1.54, 1.807) is 24.3 Å². The first-order chi connectivity index (χ1) is 8.37. The molecule has 0 aliphatic carbocycles. The Labute approximate surface area is 110 Å². The van der Waals surface area contributed by atoms with Crippen molar-refractivity contribution in [2.75, 3.05) is 35.9 Å². The fourth-order valence-corrected chi connectivity index (χ4v) is 3.59. The molecule has 0 bridgehead atoms. The van der Waals surface area contributed by atoms with Gasteiger partial charge < -0.3 is 10.5 Å². The first-order valence-corrected chi connectivity index (χ1v) is 8.93. The number of benzene rings is 1. The number of nitrogen functional groups attached to an aromatic ring is 1. The average Bonchev–Trinajstić information content (AvgIpc) is 2.28. The molecule has 0 aliphatic heterocycles. The standard InChI is InChI=1S/C11H17NO4S2/c1-18(14,15)9-8-17(13)7-6-16-11-4-2-10(12)3-5-11/h2-5H,6-9,12H2,1H3. The highest BCUT2D eigenvalue weighted by molar-refractivity contribution is 7.92. The lowest BCUT2D eigenvalue weighted by Crippen LogP contribution is -2.16. The molecule has 1 aromatic rings. The fraction of sp³-hybridized carbons (Fsp3) is 0.455. The number of rotatable bonds is 7. The van der Waals surface area contributed by atoms with Gasteiger partial charge in [-0.3, -0.25) is 4.21 Å². The summed E-state index contributed by atoms with van der Waals surface area (Å²) in [6.07, 6.45) is 1.13. The molecule has 0 fully saturated rings. The predicted octanol–water partition coefficient (Wildman–Crippen LogP) is 0.441. The molecule has 0 saturated carbocycles. The minimum Gasteiger partial charge on any atom is -0.493 e. The summed E-state index contributed by atoms with van der Waals surface area (Å²) < 4.78 is 38.6. The maximum Gasteiger partial charge on any atom is 0.148 e. The van der Waals surface area contributed by atoms with E-state index in [2.05, 4.69) is 0 Å². The van der Waals surface area contributed by atoms with Crippen molar-refractivity contribution in [2.24, 2.45) is 0 Å². The van der Waals surface area contributed by atoms with Crippen LogP contribution in [0.4, 0.5) is 5.69 Å². The Hall–Kier alpha value is -1.08. The van der Waals surface area contributed by atoms with Crippen LogP contribution < -0.4 is 10.5 Å². The van der Waals surface area contributed by atoms with E-state index in [1.807, 2.05) is 0 Å². The van der Waals surface area contributed by atoms with Crippen LogP contribution in [0.2, 0.25) is 0 Å². The summed E-state index contributed by atoms with van der Waals surface area (Å²) in [5, 5.41) is 0. The quantitative estimate of drug-likeness (QED) is 0.737. The van der Waals surface area contributed by atoms with Crippen molar-refractivity contribution >= 4 is 26.3 Å². The highest BCUT2D eigenvalue weighted by Crippen LogP contribution is 2.12. The Balaban J connectivity index is 2.25. The van der Waals surface area contributed by atoms with Gasteiger partial charge in [0.1, 0.15) is 15.6 Å². The zero-order valence-electron chi connectivity index (χ0n) is 10.2. The number of sulfone groups is 1. The van der Waals surface area contributed by atoms with E-state index in [0.717, 1.165) is 6.26 Å². The van der Waals surface area contributed by atoms with Gasteiger partial charge in [-0.2, -0.15) is 0 Å². The van der Waals surface area contributed by atoms with E-state index in [0.29, 0.717) is 23.8 Å². The van der Waals surface area contributed by atoms with Crippen molar-refractivity contribution in [3.63, 3.8) is 0 Å². The molecule has 0 saturated heterocycles. The van der Waals surface area contributed by atoms with Gasteiger partial charge >= 0.3 is 0 Å². The van der Waals surface area contributed by atoms with E-state index < -0.39 is 20.6 Å². The van der Waals surface area contributed by atoms with Crippen molar-refractivity contribution in [3.05, 3.63) is 24.3 Å². The smallest absolute Gasteiger partial charge is 0.148 e. The van der Waals surface area contributed by atoms with Crippen LogP contribution in [0.3, 0.4) is 0 Å². The molecule has 1 aromatic carbocycles. The van der Waals surface area contributed by atoms with Crippen LogP contribution in [0.15, 0.2) is 24.3 Å². The van der Waals surface area contributed by atoms with Crippen LogP contribution in [0.25, 0.3) is 0 Å². The van der Waals surface area contributed by atoms with Gasteiger partial charge in [0.25, 0.3) is 0 Å². The lowest BCUT2D eigenvalue weighted by Gasteiger charge is -2.06. The minimum absolute atomic E-state index is 0.0541. The Morgan fingerprint density at radius 1 is 1.22 bits per heavy atom. The van der Waals surface area contributed by atoms with Gasteiger partial charge in [0.2, 0.25) is 0 Å². The summed E-state index contributed by atoms with van der Waals surface area (Å²) in [6, 6.07) is 6.90. The molecule has 1 unspecified atom stereocenters. The second kappa shape index (κ2) is 6.75. The molecule has 18 heavy (non-hydrogen) atoms. The van der Waals surface area contributed by atoms with Gasteiger partial charge in [0.05, 0.1) is 18.1 Å². The van der Waals surface area contributed by atoms with Crippen LogP contribution in [-0.4, -0.2) is 42.7 Å². The molecule has 0 heterocycles. The third kappa shape index (κ3) is 6.61. The van der Waals surface area contributed by atoms with Gasteiger partial charge in [0, 0.05) is 28.5 Å². The Morgan fingerprint density at radius 2 is 1.83 bits per heavy atom. The summed E-state index contributed by atoms with van der Waals surface area (Å²) in [4.78, 5) is 0. The third-order valence-electron chi connectivity index (χ3n) is 2.14. The highest BCUT2D eigenvalue weighted by Gasteiger charge is 2.06. The van der Waals surface area contributed by atoms with Crippen molar-refractivity contribution in [3.8, 4) is 5.75 Å². The average molecular weight is 291 g/mol. The second-order valence-electron chi connectivity index (χ2n) is 3.90. The van der Waals surface area contributed by atoms with E-state index >= 15 is 0 Å². The molecule has 1 atom stereocenters. The van der Waals surface area contributed by atoms with Gasteiger partial charge in [0.15, 0.2) is 0 Å². The monoisotopic (exact) mass is 291 g/mol. The predicted molar refractivity (Wildman–Crippen MR) is 73.9 cm³/mol. The molecule has 7 heteroatoms. The Morgan fingerprint density at radius 3 is 2.39 bits per heavy atom.